The van der Waals surface area contributed by atoms with Crippen LogP contribution >= 0.6 is 15.9 Å². The van der Waals surface area contributed by atoms with Gasteiger partial charge in [-0.1, -0.05) is 45.8 Å². The number of hydrogen-bond donors (Lipinski definition) is 1. The van der Waals surface area contributed by atoms with Gasteiger partial charge in [0.15, 0.2) is 9.84 Å². The molecular weight excluding hydrogens is 378 g/mol. The molecule has 6 heteroatoms. The summed E-state index contributed by atoms with van der Waals surface area (Å²) in [6.45, 7) is 1.91. The van der Waals surface area contributed by atoms with Crippen molar-refractivity contribution in [3.8, 4) is 0 Å². The minimum Gasteiger partial charge on any atom is -0.321 e. The van der Waals surface area contributed by atoms with Gasteiger partial charge in [-0.15, -0.1) is 0 Å². The monoisotopic (exact) mass is 391 g/mol. The number of halogens is 1. The first kappa shape index (κ1) is 16.0. The molecule has 0 saturated heterocycles. The van der Waals surface area contributed by atoms with Crippen LogP contribution in [0.5, 0.6) is 0 Å². The Morgan fingerprint density at radius 2 is 1.96 bits per heavy atom. The van der Waals surface area contributed by atoms with Crippen molar-refractivity contribution in [3.05, 3.63) is 69.0 Å². The van der Waals surface area contributed by atoms with Crippen LogP contribution in [-0.2, 0) is 20.4 Å². The smallest absolute Gasteiger partial charge is 0.257 e. The third-order valence-electron chi connectivity index (χ3n) is 3.51. The molecule has 2 aromatic rings. The third-order valence-corrected chi connectivity index (χ3v) is 5.34. The highest BCUT2D eigenvalue weighted by molar-refractivity contribution is 9.10. The van der Waals surface area contributed by atoms with Gasteiger partial charge in [-0.2, -0.15) is 0 Å². The van der Waals surface area contributed by atoms with Gasteiger partial charge in [0.25, 0.3) is 5.91 Å². The Morgan fingerprint density at radius 3 is 2.70 bits per heavy atom. The fraction of sp³-hybridized carbons (Fsp3) is 0.118. The number of hydrogen-bond acceptors (Lipinski definition) is 3. The molecule has 4 nitrogen and oxygen atoms in total. The molecule has 1 N–H and O–H groups in total. The average Bonchev–Trinajstić information content (AvgIpc) is 2.74. The van der Waals surface area contributed by atoms with Crippen molar-refractivity contribution in [1.82, 2.24) is 0 Å². The van der Waals surface area contributed by atoms with E-state index in [9.17, 15) is 13.2 Å². The van der Waals surface area contributed by atoms with Gasteiger partial charge < -0.3 is 5.32 Å². The van der Waals surface area contributed by atoms with Crippen molar-refractivity contribution in [1.29, 1.82) is 0 Å². The third kappa shape index (κ3) is 3.54. The first-order chi connectivity index (χ1) is 10.8. The highest BCUT2D eigenvalue weighted by Gasteiger charge is 2.26. The Hall–Kier alpha value is -1.92. The fourth-order valence-electron chi connectivity index (χ4n) is 2.53. The zero-order chi connectivity index (χ0) is 16.6. The van der Waals surface area contributed by atoms with E-state index in [-0.39, 0.29) is 11.3 Å². The number of fused-ring (bicyclic) bond motifs is 1. The van der Waals surface area contributed by atoms with E-state index < -0.39 is 15.7 Å². The summed E-state index contributed by atoms with van der Waals surface area (Å²) in [4.78, 5) is 12.1. The average molecular weight is 392 g/mol. The maximum absolute atomic E-state index is 12.4. The molecule has 3 rings (SSSR count). The lowest BCUT2D eigenvalue weighted by Crippen LogP contribution is -2.07. The molecule has 2 aromatic carbocycles. The number of carbonyl (C=O) groups excluding carboxylic acids is 1. The minimum absolute atomic E-state index is 0.130. The van der Waals surface area contributed by atoms with Crippen LogP contribution in [0.25, 0.3) is 5.57 Å². The van der Waals surface area contributed by atoms with Crippen molar-refractivity contribution >= 4 is 42.9 Å². The van der Waals surface area contributed by atoms with Gasteiger partial charge in [0.2, 0.25) is 0 Å². The quantitative estimate of drug-likeness (QED) is 0.811. The molecule has 0 radical (unpaired) electrons. The molecule has 1 amide bonds. The SMILES string of the molecule is Cc1cccc(CS(=O)(=O)C=C2C(=O)Nc3ccc(Br)cc32)c1. The molecule has 23 heavy (non-hydrogen) atoms. The zero-order valence-electron chi connectivity index (χ0n) is 12.3. The summed E-state index contributed by atoms with van der Waals surface area (Å²) in [6.07, 6.45) is 0. The predicted molar refractivity (Wildman–Crippen MR) is 94.6 cm³/mol. The Morgan fingerprint density at radius 1 is 1.17 bits per heavy atom. The Balaban J connectivity index is 1.98. The number of benzene rings is 2. The number of aryl methyl sites for hydroxylation is 1. The van der Waals surface area contributed by atoms with E-state index in [1.165, 1.54) is 0 Å². The van der Waals surface area contributed by atoms with E-state index in [0.29, 0.717) is 16.8 Å². The van der Waals surface area contributed by atoms with Crippen LogP contribution < -0.4 is 5.32 Å². The lowest BCUT2D eigenvalue weighted by molar-refractivity contribution is -0.110. The first-order valence-corrected chi connectivity index (χ1v) is 9.46. The van der Waals surface area contributed by atoms with Crippen molar-refractivity contribution in [2.45, 2.75) is 12.7 Å². The number of rotatable bonds is 3. The molecule has 0 aliphatic carbocycles. The molecule has 1 aliphatic rings. The van der Waals surface area contributed by atoms with E-state index in [1.807, 2.05) is 25.1 Å². The zero-order valence-corrected chi connectivity index (χ0v) is 14.7. The summed E-state index contributed by atoms with van der Waals surface area (Å²) < 4.78 is 25.7. The van der Waals surface area contributed by atoms with Crippen LogP contribution in [0.3, 0.4) is 0 Å². The highest BCUT2D eigenvalue weighted by atomic mass is 79.9. The molecule has 1 aliphatic heterocycles. The molecule has 118 valence electrons. The van der Waals surface area contributed by atoms with Gasteiger partial charge in [-0.05, 0) is 30.7 Å². The van der Waals surface area contributed by atoms with Gasteiger partial charge in [-0.3, -0.25) is 4.79 Å². The number of carbonyl (C=O) groups is 1. The van der Waals surface area contributed by atoms with Crippen molar-refractivity contribution < 1.29 is 13.2 Å². The largest absolute Gasteiger partial charge is 0.321 e. The standard InChI is InChI=1S/C17H14BrNO3S/c1-11-3-2-4-12(7-11)9-23(21,22)10-15-14-8-13(18)5-6-16(14)19-17(15)20/h2-8,10H,9H2,1H3,(H,19,20). The maximum atomic E-state index is 12.4. The molecule has 0 unspecified atom stereocenters. The second-order valence-electron chi connectivity index (χ2n) is 5.47. The van der Waals surface area contributed by atoms with Crippen molar-refractivity contribution in [2.24, 2.45) is 0 Å². The van der Waals surface area contributed by atoms with Gasteiger partial charge in [-0.25, -0.2) is 8.42 Å². The first-order valence-electron chi connectivity index (χ1n) is 6.95. The summed E-state index contributed by atoms with van der Waals surface area (Å²) in [6, 6.07) is 12.6. The molecule has 0 saturated carbocycles. The topological polar surface area (TPSA) is 63.2 Å². The molecule has 0 aromatic heterocycles. The lowest BCUT2D eigenvalue weighted by atomic mass is 10.1. The number of amides is 1. The molecule has 0 atom stereocenters. The lowest BCUT2D eigenvalue weighted by Gasteiger charge is -2.03. The van der Waals surface area contributed by atoms with Crippen LogP contribution in [0.15, 0.2) is 52.3 Å². The molecule has 0 bridgehead atoms. The summed E-state index contributed by atoms with van der Waals surface area (Å²) in [5.74, 6) is -0.527. The van der Waals surface area contributed by atoms with E-state index >= 15 is 0 Å². The Bertz CT molecular complexity index is 933. The molecule has 0 spiro atoms. The van der Waals surface area contributed by atoms with Crippen LogP contribution in [0.4, 0.5) is 5.69 Å². The van der Waals surface area contributed by atoms with E-state index in [1.54, 1.807) is 24.3 Å². The van der Waals surface area contributed by atoms with Crippen LogP contribution in [0.2, 0.25) is 0 Å². The summed E-state index contributed by atoms with van der Waals surface area (Å²) in [5.41, 5.74) is 3.09. The summed E-state index contributed by atoms with van der Waals surface area (Å²) in [7, 11) is -3.56. The number of sulfone groups is 1. The van der Waals surface area contributed by atoms with Gasteiger partial charge in [0.05, 0.1) is 11.3 Å². The number of nitrogens with one attached hydrogen (secondary N) is 1. The van der Waals surface area contributed by atoms with Crippen LogP contribution in [0.1, 0.15) is 16.7 Å². The summed E-state index contributed by atoms with van der Waals surface area (Å²) in [5, 5.41) is 3.75. The van der Waals surface area contributed by atoms with Crippen LogP contribution in [-0.4, -0.2) is 14.3 Å². The second kappa shape index (κ2) is 5.94. The van der Waals surface area contributed by atoms with Gasteiger partial charge >= 0.3 is 0 Å². The predicted octanol–water partition coefficient (Wildman–Crippen LogP) is 3.67. The van der Waals surface area contributed by atoms with Crippen molar-refractivity contribution in [2.75, 3.05) is 5.32 Å². The normalized spacial score (nSPS) is 15.6. The van der Waals surface area contributed by atoms with Crippen molar-refractivity contribution in [3.63, 3.8) is 0 Å². The second-order valence-corrected chi connectivity index (χ2v) is 8.24. The summed E-state index contributed by atoms with van der Waals surface area (Å²) >= 11 is 3.34. The van der Waals surface area contributed by atoms with Gasteiger partial charge in [0, 0.05) is 21.1 Å². The Labute approximate surface area is 143 Å². The fourth-order valence-corrected chi connectivity index (χ4v) is 4.21. The maximum Gasteiger partial charge on any atom is 0.257 e. The Kier molecular flexibility index (Phi) is 4.12. The van der Waals surface area contributed by atoms with E-state index in [4.69, 9.17) is 0 Å². The minimum atomic E-state index is -3.56. The van der Waals surface area contributed by atoms with E-state index in [0.717, 1.165) is 15.4 Å². The molecule has 0 fully saturated rings. The van der Waals surface area contributed by atoms with Gasteiger partial charge in [0.1, 0.15) is 0 Å². The molecular formula is C17H14BrNO3S. The van der Waals surface area contributed by atoms with E-state index in [2.05, 4.69) is 21.2 Å². The highest BCUT2D eigenvalue weighted by Crippen LogP contribution is 2.34. The number of anilines is 1. The molecule has 1 heterocycles. The van der Waals surface area contributed by atoms with Crippen LogP contribution in [0, 0.1) is 6.92 Å².